The average Bonchev–Trinajstić information content (AvgIpc) is 2.45. The van der Waals surface area contributed by atoms with Crippen molar-refractivity contribution < 1.29 is 24.9 Å². The van der Waals surface area contributed by atoms with E-state index in [-0.39, 0.29) is 18.0 Å². The fourth-order valence-corrected chi connectivity index (χ4v) is 1.40. The molecule has 0 radical (unpaired) electrons. The number of carbonyl (C=O) groups is 1. The van der Waals surface area contributed by atoms with Gasteiger partial charge in [0, 0.05) is 6.20 Å². The Kier molecular flexibility index (Phi) is 5.68. The maximum absolute atomic E-state index is 11.7. The molecule has 0 atom stereocenters. The number of anilines is 1. The van der Waals surface area contributed by atoms with Crippen molar-refractivity contribution in [1.29, 1.82) is 0 Å². The molecule has 0 saturated heterocycles. The molecule has 19 heavy (non-hydrogen) atoms. The molecule has 0 aliphatic rings. The number of aliphatic hydroxyl groups excluding tert-OH is 3. The molecule has 0 aromatic carbocycles. The van der Waals surface area contributed by atoms with Gasteiger partial charge in [0.1, 0.15) is 16.9 Å². The summed E-state index contributed by atoms with van der Waals surface area (Å²) in [5.74, 6) is -0.432. The van der Waals surface area contributed by atoms with Crippen LogP contribution >= 0.6 is 0 Å². The second-order valence-electron chi connectivity index (χ2n) is 4.00. The molecule has 1 aromatic rings. The number of aliphatic hydroxyl groups is 3. The van der Waals surface area contributed by atoms with E-state index in [1.165, 1.54) is 12.3 Å². The number of nitrogens with zero attached hydrogens (tertiary/aromatic N) is 1. The number of nitrogens with one attached hydrogen (secondary N) is 1. The summed E-state index contributed by atoms with van der Waals surface area (Å²) < 4.78 is 4.88. The van der Waals surface area contributed by atoms with E-state index in [2.05, 4.69) is 10.3 Å². The molecule has 4 N–H and O–H groups in total. The van der Waals surface area contributed by atoms with Gasteiger partial charge in [-0.1, -0.05) is 0 Å². The van der Waals surface area contributed by atoms with Crippen LogP contribution in [0.5, 0.6) is 0 Å². The van der Waals surface area contributed by atoms with E-state index in [1.54, 1.807) is 13.0 Å². The van der Waals surface area contributed by atoms with E-state index in [1.807, 2.05) is 0 Å². The third-order valence-corrected chi connectivity index (χ3v) is 2.59. The van der Waals surface area contributed by atoms with Crippen LogP contribution in [0.2, 0.25) is 0 Å². The van der Waals surface area contributed by atoms with Crippen molar-refractivity contribution in [1.82, 2.24) is 4.98 Å². The molecular weight excluding hydrogens is 252 g/mol. The molecule has 0 bridgehead atoms. The van der Waals surface area contributed by atoms with Crippen LogP contribution in [0, 0.1) is 0 Å². The zero-order valence-electron chi connectivity index (χ0n) is 10.7. The molecule has 0 saturated carbocycles. The molecule has 0 fully saturated rings. The lowest BCUT2D eigenvalue weighted by Gasteiger charge is -2.29. The van der Waals surface area contributed by atoms with Crippen molar-refractivity contribution in [2.24, 2.45) is 0 Å². The Morgan fingerprint density at radius 2 is 2.00 bits per heavy atom. The lowest BCUT2D eigenvalue weighted by Crippen LogP contribution is -2.49. The predicted molar refractivity (Wildman–Crippen MR) is 67.8 cm³/mol. The van der Waals surface area contributed by atoms with Gasteiger partial charge in [-0.25, -0.2) is 9.78 Å². The highest BCUT2D eigenvalue weighted by molar-refractivity contribution is 5.94. The van der Waals surface area contributed by atoms with Crippen LogP contribution in [-0.2, 0) is 4.74 Å². The van der Waals surface area contributed by atoms with Crippen molar-refractivity contribution in [3.8, 4) is 0 Å². The highest BCUT2D eigenvalue weighted by atomic mass is 16.5. The van der Waals surface area contributed by atoms with Gasteiger partial charge >= 0.3 is 5.97 Å². The molecule has 1 rings (SSSR count). The van der Waals surface area contributed by atoms with Gasteiger partial charge in [0.2, 0.25) is 0 Å². The fourth-order valence-electron chi connectivity index (χ4n) is 1.40. The first-order chi connectivity index (χ1) is 9.12. The van der Waals surface area contributed by atoms with E-state index >= 15 is 0 Å². The lowest BCUT2D eigenvalue weighted by molar-refractivity contribution is 0.0524. The van der Waals surface area contributed by atoms with Gasteiger partial charge in [-0.15, -0.1) is 0 Å². The fraction of sp³-hybridized carbons (Fsp3) is 0.500. The van der Waals surface area contributed by atoms with Crippen LogP contribution in [0.4, 0.5) is 5.82 Å². The van der Waals surface area contributed by atoms with Crippen LogP contribution in [0.3, 0.4) is 0 Å². The van der Waals surface area contributed by atoms with Crippen LogP contribution in [-0.4, -0.2) is 58.2 Å². The Labute approximate surface area is 110 Å². The van der Waals surface area contributed by atoms with Crippen molar-refractivity contribution in [3.05, 3.63) is 23.9 Å². The summed E-state index contributed by atoms with van der Waals surface area (Å²) in [6, 6.07) is 3.07. The normalized spacial score (nSPS) is 11.2. The van der Waals surface area contributed by atoms with Crippen molar-refractivity contribution in [2.45, 2.75) is 12.5 Å². The van der Waals surface area contributed by atoms with Gasteiger partial charge in [0.15, 0.2) is 0 Å². The molecule has 1 heterocycles. The second-order valence-corrected chi connectivity index (χ2v) is 4.00. The Balaban J connectivity index is 3.03. The highest BCUT2D eigenvalue weighted by Crippen LogP contribution is 2.18. The number of pyridine rings is 1. The third kappa shape index (κ3) is 3.63. The summed E-state index contributed by atoms with van der Waals surface area (Å²) in [4.78, 5) is 15.7. The largest absolute Gasteiger partial charge is 0.462 e. The maximum atomic E-state index is 11.7. The summed E-state index contributed by atoms with van der Waals surface area (Å²) in [5, 5.41) is 30.4. The number of ether oxygens (including phenoxy) is 1. The maximum Gasteiger partial charge on any atom is 0.341 e. The van der Waals surface area contributed by atoms with Crippen LogP contribution in [0.25, 0.3) is 0 Å². The van der Waals surface area contributed by atoms with Gasteiger partial charge < -0.3 is 25.4 Å². The van der Waals surface area contributed by atoms with Crippen molar-refractivity contribution >= 4 is 11.8 Å². The third-order valence-electron chi connectivity index (χ3n) is 2.59. The monoisotopic (exact) mass is 270 g/mol. The lowest BCUT2D eigenvalue weighted by atomic mass is 10.0. The quantitative estimate of drug-likeness (QED) is 0.489. The molecule has 7 nitrogen and oxygen atoms in total. The average molecular weight is 270 g/mol. The highest BCUT2D eigenvalue weighted by Gasteiger charge is 2.30. The first-order valence-corrected chi connectivity index (χ1v) is 5.85. The topological polar surface area (TPSA) is 112 Å². The molecule has 1 aromatic heterocycles. The van der Waals surface area contributed by atoms with E-state index in [9.17, 15) is 20.1 Å². The minimum absolute atomic E-state index is 0.137. The number of esters is 1. The number of hydrogen-bond donors (Lipinski definition) is 4. The molecule has 0 spiro atoms. The van der Waals surface area contributed by atoms with Crippen molar-refractivity contribution in [3.63, 3.8) is 0 Å². The molecule has 0 amide bonds. The second kappa shape index (κ2) is 7.03. The number of carbonyl (C=O) groups excluding carboxylic acids is 1. The van der Waals surface area contributed by atoms with E-state index < -0.39 is 31.3 Å². The Morgan fingerprint density at radius 1 is 1.37 bits per heavy atom. The summed E-state index contributed by atoms with van der Waals surface area (Å²) in [5.41, 5.74) is -1.18. The van der Waals surface area contributed by atoms with Crippen LogP contribution in [0.1, 0.15) is 17.3 Å². The van der Waals surface area contributed by atoms with E-state index in [0.29, 0.717) is 0 Å². The molecule has 0 aliphatic carbocycles. The summed E-state index contributed by atoms with van der Waals surface area (Å²) >= 11 is 0. The smallest absolute Gasteiger partial charge is 0.341 e. The summed E-state index contributed by atoms with van der Waals surface area (Å²) in [6.07, 6.45) is 1.45. The van der Waals surface area contributed by atoms with Gasteiger partial charge in [-0.05, 0) is 19.1 Å². The number of aromatic nitrogens is 1. The molecule has 7 heteroatoms. The van der Waals surface area contributed by atoms with Crippen LogP contribution in [0.15, 0.2) is 18.3 Å². The van der Waals surface area contributed by atoms with E-state index in [4.69, 9.17) is 4.74 Å². The predicted octanol–water partition coefficient (Wildman–Crippen LogP) is -0.614. The summed E-state index contributed by atoms with van der Waals surface area (Å²) in [6.45, 7) is 0.357. The molecule has 0 aliphatic heterocycles. The van der Waals surface area contributed by atoms with Gasteiger partial charge in [0.05, 0.1) is 26.4 Å². The Hall–Kier alpha value is -1.70. The number of hydrogen-bond acceptors (Lipinski definition) is 7. The first kappa shape index (κ1) is 15.4. The Morgan fingerprint density at radius 3 is 2.53 bits per heavy atom. The number of rotatable bonds is 7. The molecular formula is C12H18N2O5. The first-order valence-electron chi connectivity index (χ1n) is 5.85. The van der Waals surface area contributed by atoms with Crippen molar-refractivity contribution in [2.75, 3.05) is 31.7 Å². The standard InChI is InChI=1S/C12H18N2O5/c1-2-19-11(18)9-4-3-5-13-10(9)14-12(6-15,7-16)8-17/h3-5,15-17H,2,6-8H2,1H3,(H,13,14). The minimum Gasteiger partial charge on any atom is -0.462 e. The summed E-state index contributed by atoms with van der Waals surface area (Å²) in [7, 11) is 0. The van der Waals surface area contributed by atoms with Gasteiger partial charge in [-0.2, -0.15) is 0 Å². The SMILES string of the molecule is CCOC(=O)c1cccnc1NC(CO)(CO)CO. The molecule has 0 unspecified atom stereocenters. The molecule has 106 valence electrons. The zero-order chi connectivity index (χ0) is 14.3. The van der Waals surface area contributed by atoms with E-state index in [0.717, 1.165) is 0 Å². The van der Waals surface area contributed by atoms with Crippen LogP contribution < -0.4 is 5.32 Å². The Bertz CT molecular complexity index is 412. The minimum atomic E-state index is -1.35. The van der Waals surface area contributed by atoms with Gasteiger partial charge in [0.25, 0.3) is 0 Å². The van der Waals surface area contributed by atoms with Gasteiger partial charge in [-0.3, -0.25) is 0 Å². The zero-order valence-corrected chi connectivity index (χ0v) is 10.7.